The fourth-order valence-electron chi connectivity index (χ4n) is 2.90. The molecule has 0 radical (unpaired) electrons. The SMILES string of the molecule is O=C(Nc1ccc(-c2nc(-c3cccc(Cl)c3)nn2CCCO)cc1)c1cscn1. The van der Waals surface area contributed by atoms with Crippen molar-refractivity contribution in [1.29, 1.82) is 0 Å². The maximum atomic E-state index is 12.2. The Morgan fingerprint density at radius 1 is 1.17 bits per heavy atom. The van der Waals surface area contributed by atoms with Crippen molar-refractivity contribution in [3.63, 3.8) is 0 Å². The number of aromatic nitrogens is 4. The molecule has 0 aliphatic rings. The Bertz CT molecular complexity index is 1140. The fourth-order valence-corrected chi connectivity index (χ4v) is 3.63. The van der Waals surface area contributed by atoms with Gasteiger partial charge in [0.2, 0.25) is 0 Å². The first-order valence-electron chi connectivity index (χ1n) is 9.25. The van der Waals surface area contributed by atoms with E-state index < -0.39 is 0 Å². The van der Waals surface area contributed by atoms with Gasteiger partial charge in [0.05, 0.1) is 5.51 Å². The van der Waals surface area contributed by atoms with Gasteiger partial charge in [0, 0.05) is 40.4 Å². The fraction of sp³-hybridized carbons (Fsp3) is 0.143. The molecule has 0 bridgehead atoms. The summed E-state index contributed by atoms with van der Waals surface area (Å²) >= 11 is 7.48. The van der Waals surface area contributed by atoms with Crippen LogP contribution in [0.25, 0.3) is 22.8 Å². The molecule has 0 saturated heterocycles. The van der Waals surface area contributed by atoms with Gasteiger partial charge in [0.15, 0.2) is 11.6 Å². The van der Waals surface area contributed by atoms with E-state index in [9.17, 15) is 9.90 Å². The number of carbonyl (C=O) groups excluding carboxylic acids is 1. The number of rotatable bonds is 7. The highest BCUT2D eigenvalue weighted by molar-refractivity contribution is 7.07. The number of halogens is 1. The summed E-state index contributed by atoms with van der Waals surface area (Å²) in [5.41, 5.74) is 4.33. The third-order valence-corrected chi connectivity index (χ3v) is 5.17. The van der Waals surface area contributed by atoms with Crippen molar-refractivity contribution in [3.05, 3.63) is 70.1 Å². The van der Waals surface area contributed by atoms with Crippen molar-refractivity contribution in [1.82, 2.24) is 19.7 Å². The molecule has 2 heterocycles. The zero-order valence-corrected chi connectivity index (χ0v) is 17.4. The average Bonchev–Trinajstić information content (AvgIpc) is 3.43. The molecule has 2 N–H and O–H groups in total. The number of hydrogen-bond donors (Lipinski definition) is 2. The van der Waals surface area contributed by atoms with E-state index in [1.54, 1.807) is 21.6 Å². The molecule has 9 heteroatoms. The predicted molar refractivity (Wildman–Crippen MR) is 118 cm³/mol. The summed E-state index contributed by atoms with van der Waals surface area (Å²) < 4.78 is 1.77. The van der Waals surface area contributed by atoms with E-state index in [0.29, 0.717) is 41.0 Å². The molecule has 0 saturated carbocycles. The molecule has 152 valence electrons. The maximum Gasteiger partial charge on any atom is 0.275 e. The number of nitrogens with zero attached hydrogens (tertiary/aromatic N) is 4. The quantitative estimate of drug-likeness (QED) is 0.446. The summed E-state index contributed by atoms with van der Waals surface area (Å²) in [6.45, 7) is 0.592. The molecule has 30 heavy (non-hydrogen) atoms. The second-order valence-corrected chi connectivity index (χ2v) is 7.63. The van der Waals surface area contributed by atoms with Gasteiger partial charge in [-0.25, -0.2) is 14.6 Å². The zero-order valence-electron chi connectivity index (χ0n) is 15.8. The van der Waals surface area contributed by atoms with Gasteiger partial charge in [0.1, 0.15) is 5.69 Å². The van der Waals surface area contributed by atoms with Gasteiger partial charge < -0.3 is 10.4 Å². The van der Waals surface area contributed by atoms with Crippen molar-refractivity contribution >= 4 is 34.5 Å². The molecule has 0 fully saturated rings. The minimum Gasteiger partial charge on any atom is -0.396 e. The normalized spacial score (nSPS) is 10.9. The number of anilines is 1. The second kappa shape index (κ2) is 9.17. The van der Waals surface area contributed by atoms with Crippen LogP contribution in [0.5, 0.6) is 0 Å². The number of hydrogen-bond acceptors (Lipinski definition) is 6. The van der Waals surface area contributed by atoms with Gasteiger partial charge in [-0.1, -0.05) is 23.7 Å². The van der Waals surface area contributed by atoms with E-state index in [1.807, 2.05) is 42.5 Å². The highest BCUT2D eigenvalue weighted by atomic mass is 35.5. The summed E-state index contributed by atoms with van der Waals surface area (Å²) in [6.07, 6.45) is 0.563. The highest BCUT2D eigenvalue weighted by Crippen LogP contribution is 2.25. The Hall–Kier alpha value is -3.07. The molecule has 1 amide bonds. The summed E-state index contributed by atoms with van der Waals surface area (Å²) in [4.78, 5) is 20.9. The first kappa shape index (κ1) is 20.2. The topological polar surface area (TPSA) is 92.9 Å². The van der Waals surface area contributed by atoms with Crippen LogP contribution in [-0.4, -0.2) is 37.4 Å². The standard InChI is InChI=1S/C21H18ClN5O2S/c22-16-4-1-3-15(11-16)19-25-20(27(26-19)9-2-10-28)14-5-7-17(8-6-14)24-21(29)18-12-30-13-23-18/h1,3-8,11-13,28H,2,9-10H2,(H,24,29). The summed E-state index contributed by atoms with van der Waals surface area (Å²) in [5, 5.41) is 19.0. The van der Waals surface area contributed by atoms with Crippen molar-refractivity contribution in [3.8, 4) is 22.8 Å². The Balaban J connectivity index is 1.61. The van der Waals surface area contributed by atoms with E-state index >= 15 is 0 Å². The number of amides is 1. The lowest BCUT2D eigenvalue weighted by molar-refractivity contribution is 0.102. The van der Waals surface area contributed by atoms with E-state index in [1.165, 1.54) is 11.3 Å². The first-order valence-corrected chi connectivity index (χ1v) is 10.6. The smallest absolute Gasteiger partial charge is 0.275 e. The number of nitrogens with one attached hydrogen (secondary N) is 1. The molecule has 2 aromatic carbocycles. The number of aryl methyl sites for hydroxylation is 1. The molecule has 4 rings (SSSR count). The first-order chi connectivity index (χ1) is 14.6. The number of carbonyl (C=O) groups is 1. The van der Waals surface area contributed by atoms with Crippen LogP contribution in [0.3, 0.4) is 0 Å². The highest BCUT2D eigenvalue weighted by Gasteiger charge is 2.14. The average molecular weight is 440 g/mol. The molecule has 7 nitrogen and oxygen atoms in total. The number of aliphatic hydroxyl groups is 1. The van der Waals surface area contributed by atoms with E-state index in [2.05, 4.69) is 15.4 Å². The van der Waals surface area contributed by atoms with Crippen LogP contribution in [0.15, 0.2) is 59.4 Å². The molecular weight excluding hydrogens is 422 g/mol. The van der Waals surface area contributed by atoms with Crippen molar-refractivity contribution in [2.24, 2.45) is 0 Å². The predicted octanol–water partition coefficient (Wildman–Crippen LogP) is 4.36. The number of thiazole rings is 1. The van der Waals surface area contributed by atoms with E-state index in [4.69, 9.17) is 16.6 Å². The van der Waals surface area contributed by atoms with Crippen LogP contribution in [-0.2, 0) is 6.54 Å². The lowest BCUT2D eigenvalue weighted by Gasteiger charge is -2.07. The monoisotopic (exact) mass is 439 g/mol. The van der Waals surface area contributed by atoms with Crippen molar-refractivity contribution in [2.45, 2.75) is 13.0 Å². The van der Waals surface area contributed by atoms with Crippen molar-refractivity contribution in [2.75, 3.05) is 11.9 Å². The van der Waals surface area contributed by atoms with Gasteiger partial charge >= 0.3 is 0 Å². The zero-order chi connectivity index (χ0) is 20.9. The number of aliphatic hydroxyl groups excluding tert-OH is 1. The summed E-state index contributed by atoms with van der Waals surface area (Å²) in [6, 6.07) is 14.7. The summed E-state index contributed by atoms with van der Waals surface area (Å²) in [5.74, 6) is 0.987. The molecule has 0 atom stereocenters. The molecular formula is C21H18ClN5O2S. The van der Waals surface area contributed by atoms with Crippen LogP contribution >= 0.6 is 22.9 Å². The minimum absolute atomic E-state index is 0.0629. The third-order valence-electron chi connectivity index (χ3n) is 4.35. The lowest BCUT2D eigenvalue weighted by Crippen LogP contribution is -2.12. The third kappa shape index (κ3) is 4.56. The largest absolute Gasteiger partial charge is 0.396 e. The van der Waals surface area contributed by atoms with Gasteiger partial charge in [-0.15, -0.1) is 11.3 Å². The Labute approximate surface area is 182 Å². The van der Waals surface area contributed by atoms with Gasteiger partial charge in [-0.3, -0.25) is 4.79 Å². The Morgan fingerprint density at radius 2 is 2.00 bits per heavy atom. The minimum atomic E-state index is -0.252. The van der Waals surface area contributed by atoms with Gasteiger partial charge in [-0.05, 0) is 42.8 Å². The molecule has 4 aromatic rings. The van der Waals surface area contributed by atoms with Crippen LogP contribution in [0.2, 0.25) is 5.02 Å². The second-order valence-electron chi connectivity index (χ2n) is 6.47. The Kier molecular flexibility index (Phi) is 6.18. The Morgan fingerprint density at radius 3 is 2.70 bits per heavy atom. The van der Waals surface area contributed by atoms with Crippen molar-refractivity contribution < 1.29 is 9.90 Å². The van der Waals surface area contributed by atoms with Crippen LogP contribution in [0.1, 0.15) is 16.9 Å². The number of benzene rings is 2. The molecule has 0 spiro atoms. The molecule has 0 aliphatic heterocycles. The van der Waals surface area contributed by atoms with Gasteiger partial charge in [0.25, 0.3) is 5.91 Å². The van der Waals surface area contributed by atoms with Crippen LogP contribution in [0, 0.1) is 0 Å². The lowest BCUT2D eigenvalue weighted by atomic mass is 10.2. The summed E-state index contributed by atoms with van der Waals surface area (Å²) in [7, 11) is 0. The van der Waals surface area contributed by atoms with Crippen LogP contribution in [0.4, 0.5) is 5.69 Å². The molecule has 0 unspecified atom stereocenters. The van der Waals surface area contributed by atoms with E-state index in [0.717, 1.165) is 11.1 Å². The van der Waals surface area contributed by atoms with Gasteiger partial charge in [-0.2, -0.15) is 5.10 Å². The maximum absolute atomic E-state index is 12.2. The molecule has 2 aromatic heterocycles. The van der Waals surface area contributed by atoms with Crippen LogP contribution < -0.4 is 5.32 Å². The van der Waals surface area contributed by atoms with E-state index in [-0.39, 0.29) is 12.5 Å². The molecule has 0 aliphatic carbocycles.